The molecule has 13 rings (SSSR count). The first-order valence-corrected chi connectivity index (χ1v) is 24.8. The molecule has 0 amide bonds. The second kappa shape index (κ2) is 13.3. The maximum absolute atomic E-state index is 5.26. The van der Waals surface area contributed by atoms with Crippen molar-refractivity contribution in [3.05, 3.63) is 212 Å². The summed E-state index contributed by atoms with van der Waals surface area (Å²) in [4.78, 5) is 5.26. The standard InChI is InChI=1S/C57H35N2PSe/c61-60(54-21-9-14-36-11-1-4-16-46(36)54,55-22-10-15-37-12-2-5-17-47(37)55)45-29-27-41-31-39(23-25-42(41)33-45)40-24-26-43-34-50-49-30-28-38-13-3-6-18-48(38)56(49)57-58-51-19-7-8-20-52(51)59(57)53(50)35-44(43)32-40/h1-35H. The summed E-state index contributed by atoms with van der Waals surface area (Å²) < 4.78 is 2.38. The zero-order chi connectivity index (χ0) is 40.2. The Balaban J connectivity index is 0.976. The van der Waals surface area contributed by atoms with E-state index in [0.717, 1.165) is 16.7 Å². The van der Waals surface area contributed by atoms with Gasteiger partial charge in [0.1, 0.15) is 5.65 Å². The molecule has 2 aromatic heterocycles. The molecule has 2 heterocycles. The number of rotatable bonds is 4. The monoisotopic (exact) mass is 858 g/mol. The first-order valence-electron chi connectivity index (χ1n) is 20.8. The van der Waals surface area contributed by atoms with Crippen LogP contribution in [0.3, 0.4) is 0 Å². The molecule has 0 bridgehead atoms. The molecule has 0 radical (unpaired) electrons. The Hall–Kier alpha value is -6.86. The van der Waals surface area contributed by atoms with Crippen LogP contribution in [-0.2, 0) is 0 Å². The number of aromatic nitrogens is 2. The van der Waals surface area contributed by atoms with E-state index < -0.39 is 5.51 Å². The average molecular weight is 858 g/mol. The summed E-state index contributed by atoms with van der Waals surface area (Å²) in [5.41, 5.74) is 4.48. The van der Waals surface area contributed by atoms with Crippen LogP contribution in [-0.4, -0.2) is 24.5 Å². The molecule has 0 atom stereocenters. The van der Waals surface area contributed by atoms with Crippen molar-refractivity contribution < 1.29 is 0 Å². The van der Waals surface area contributed by atoms with E-state index in [1.807, 2.05) is 0 Å². The van der Waals surface area contributed by atoms with Gasteiger partial charge < -0.3 is 0 Å². The number of nitrogens with zero attached hydrogens (tertiary/aromatic N) is 2. The molecule has 11 aromatic carbocycles. The second-order valence-corrected chi connectivity index (χ2v) is 22.4. The van der Waals surface area contributed by atoms with Crippen LogP contribution in [0.25, 0.3) is 103 Å². The van der Waals surface area contributed by atoms with Crippen molar-refractivity contribution in [2.24, 2.45) is 0 Å². The van der Waals surface area contributed by atoms with Gasteiger partial charge in [-0.1, -0.05) is 48.5 Å². The van der Waals surface area contributed by atoms with E-state index in [2.05, 4.69) is 232 Å². The third-order valence-electron chi connectivity index (χ3n) is 12.9. The molecule has 0 aliphatic heterocycles. The Morgan fingerprint density at radius 1 is 0.361 bits per heavy atom. The minimum atomic E-state index is -2.23. The van der Waals surface area contributed by atoms with E-state index >= 15 is 0 Å². The number of hydrogen-bond acceptors (Lipinski definition) is 1. The van der Waals surface area contributed by atoms with Gasteiger partial charge in [-0.25, -0.2) is 4.98 Å². The molecule has 13 aromatic rings. The van der Waals surface area contributed by atoms with Crippen molar-refractivity contribution in [3.63, 3.8) is 0 Å². The summed E-state index contributed by atoms with van der Waals surface area (Å²) >= 11 is 3.90. The van der Waals surface area contributed by atoms with Crippen LogP contribution in [0.5, 0.6) is 0 Å². The summed E-state index contributed by atoms with van der Waals surface area (Å²) in [5.74, 6) is 0. The number of benzene rings is 11. The summed E-state index contributed by atoms with van der Waals surface area (Å²) in [7, 11) is 0. The molecule has 0 N–H and O–H groups in total. The fraction of sp³-hybridized carbons (Fsp3) is 0. The van der Waals surface area contributed by atoms with Crippen molar-refractivity contribution in [3.8, 4) is 11.1 Å². The molecule has 0 aliphatic rings. The molecule has 284 valence electrons. The molecular formula is C57H35N2PSe. The van der Waals surface area contributed by atoms with Crippen LogP contribution in [0.2, 0.25) is 0 Å². The van der Waals surface area contributed by atoms with E-state index in [1.165, 1.54) is 103 Å². The number of para-hydroxylation sites is 2. The Morgan fingerprint density at radius 3 is 1.62 bits per heavy atom. The van der Waals surface area contributed by atoms with Crippen LogP contribution in [0.1, 0.15) is 0 Å². The second-order valence-electron chi connectivity index (χ2n) is 16.3. The quantitative estimate of drug-likeness (QED) is 0.0746. The number of hydrogen-bond donors (Lipinski definition) is 0. The summed E-state index contributed by atoms with van der Waals surface area (Å²) in [6.07, 6.45) is 0. The van der Waals surface area contributed by atoms with Crippen LogP contribution < -0.4 is 15.9 Å². The summed E-state index contributed by atoms with van der Waals surface area (Å²) in [6.45, 7) is 0. The minimum absolute atomic E-state index is 1.00. The fourth-order valence-corrected chi connectivity index (χ4v) is 15.8. The van der Waals surface area contributed by atoms with Gasteiger partial charge in [-0.05, 0) is 28.3 Å². The predicted molar refractivity (Wildman–Crippen MR) is 265 cm³/mol. The maximum atomic E-state index is 5.26. The van der Waals surface area contributed by atoms with Crippen molar-refractivity contribution in [2.45, 2.75) is 0 Å². The number of fused-ring (bicyclic) bond motifs is 14. The first kappa shape index (κ1) is 34.9. The van der Waals surface area contributed by atoms with Crippen molar-refractivity contribution in [1.82, 2.24) is 9.38 Å². The van der Waals surface area contributed by atoms with Gasteiger partial charge in [0.15, 0.2) is 0 Å². The van der Waals surface area contributed by atoms with Crippen LogP contribution in [0.4, 0.5) is 0 Å². The molecule has 0 saturated heterocycles. The molecular weight excluding hydrogens is 823 g/mol. The van der Waals surface area contributed by atoms with Crippen molar-refractivity contribution in [1.29, 1.82) is 0 Å². The fourth-order valence-electron chi connectivity index (χ4n) is 10.0. The molecule has 61 heavy (non-hydrogen) atoms. The first-order chi connectivity index (χ1) is 30.1. The topological polar surface area (TPSA) is 17.3 Å². The van der Waals surface area contributed by atoms with Gasteiger partial charge in [-0.2, -0.15) is 0 Å². The third-order valence-corrected chi connectivity index (χ3v) is 19.9. The predicted octanol–water partition coefficient (Wildman–Crippen LogP) is 13.6. The molecule has 0 saturated carbocycles. The Kier molecular flexibility index (Phi) is 7.63. The Bertz CT molecular complexity index is 3960. The SMILES string of the molecule is [Se]=P(c1ccc2cc(-c3ccc4cc5c6ccc7ccccc7c6c6nc7ccccc7n6c5cc4c3)ccc2c1)(c1cccc2ccccc12)c1cccc2ccccc12. The molecule has 0 fully saturated rings. The van der Waals surface area contributed by atoms with E-state index in [4.69, 9.17) is 4.98 Å². The van der Waals surface area contributed by atoms with Gasteiger partial charge in [0.05, 0.1) is 11.0 Å². The summed E-state index contributed by atoms with van der Waals surface area (Å²) in [6, 6.07) is 78.7. The zero-order valence-electron chi connectivity index (χ0n) is 33.0. The summed E-state index contributed by atoms with van der Waals surface area (Å²) in [5, 5.41) is 20.2. The Morgan fingerprint density at radius 2 is 0.902 bits per heavy atom. The molecule has 0 unspecified atom stereocenters. The normalized spacial score (nSPS) is 12.3. The molecule has 2 nitrogen and oxygen atoms in total. The van der Waals surface area contributed by atoms with Gasteiger partial charge in [-0.3, -0.25) is 4.40 Å². The van der Waals surface area contributed by atoms with Gasteiger partial charge in [0, 0.05) is 10.8 Å². The van der Waals surface area contributed by atoms with Crippen LogP contribution in [0.15, 0.2) is 212 Å². The molecule has 0 aliphatic carbocycles. The van der Waals surface area contributed by atoms with Gasteiger partial charge >= 0.3 is 248 Å². The van der Waals surface area contributed by atoms with Crippen LogP contribution >= 0.6 is 5.51 Å². The van der Waals surface area contributed by atoms with Gasteiger partial charge in [0.2, 0.25) is 0 Å². The zero-order valence-corrected chi connectivity index (χ0v) is 35.6. The number of imidazole rings is 1. The molecule has 0 spiro atoms. The number of pyridine rings is 1. The van der Waals surface area contributed by atoms with Crippen LogP contribution in [0, 0.1) is 0 Å². The van der Waals surface area contributed by atoms with Crippen molar-refractivity contribution in [2.75, 3.05) is 0 Å². The van der Waals surface area contributed by atoms with E-state index in [0.29, 0.717) is 0 Å². The van der Waals surface area contributed by atoms with Gasteiger partial charge in [-0.15, -0.1) is 0 Å². The van der Waals surface area contributed by atoms with E-state index in [1.54, 1.807) is 0 Å². The van der Waals surface area contributed by atoms with Gasteiger partial charge in [0.25, 0.3) is 0 Å². The third kappa shape index (κ3) is 5.22. The van der Waals surface area contributed by atoms with Crippen molar-refractivity contribution >= 4 is 129 Å². The Labute approximate surface area is 359 Å². The van der Waals surface area contributed by atoms with E-state index in [-0.39, 0.29) is 0 Å². The van der Waals surface area contributed by atoms with E-state index in [9.17, 15) is 0 Å². The molecule has 4 heteroatoms. The average Bonchev–Trinajstić information content (AvgIpc) is 3.72.